The van der Waals surface area contributed by atoms with E-state index in [-0.39, 0.29) is 22.8 Å². The van der Waals surface area contributed by atoms with Crippen molar-refractivity contribution in [3.05, 3.63) is 40.2 Å². The molecule has 0 aliphatic heterocycles. The maximum absolute atomic E-state index is 13.1. The molecule has 1 aromatic carbocycles. The van der Waals surface area contributed by atoms with Crippen LogP contribution in [-0.2, 0) is 19.6 Å². The van der Waals surface area contributed by atoms with E-state index in [9.17, 15) is 18.0 Å². The second-order valence-corrected chi connectivity index (χ2v) is 8.85. The van der Waals surface area contributed by atoms with Crippen molar-refractivity contribution in [1.82, 2.24) is 9.29 Å². The van der Waals surface area contributed by atoms with Gasteiger partial charge in [-0.05, 0) is 39.0 Å². The molecule has 0 aliphatic carbocycles. The molecule has 1 aromatic heterocycles. The fourth-order valence-corrected chi connectivity index (χ4v) is 4.71. The van der Waals surface area contributed by atoms with Gasteiger partial charge < -0.3 is 19.8 Å². The number of aryl methyl sites for hydroxylation is 2. The lowest BCUT2D eigenvalue weighted by Crippen LogP contribution is -2.35. The van der Waals surface area contributed by atoms with E-state index in [0.29, 0.717) is 22.2 Å². The number of methoxy groups -OCH3 is 1. The molecule has 30 heavy (non-hydrogen) atoms. The van der Waals surface area contributed by atoms with Crippen molar-refractivity contribution in [2.75, 3.05) is 32.6 Å². The number of amides is 1. The molecular weight excluding hydrogens is 434 g/mol. The molecule has 9 nitrogen and oxygen atoms in total. The Balaban J connectivity index is 2.24. The highest BCUT2D eigenvalue weighted by atomic mass is 35.5. The van der Waals surface area contributed by atoms with Crippen LogP contribution >= 0.6 is 11.6 Å². The number of nitrogens with zero attached hydrogens (tertiary/aromatic N) is 1. The minimum atomic E-state index is -4.15. The van der Waals surface area contributed by atoms with Gasteiger partial charge in [0.2, 0.25) is 15.9 Å². The summed E-state index contributed by atoms with van der Waals surface area (Å²) in [6.45, 7) is 4.37. The van der Waals surface area contributed by atoms with Gasteiger partial charge in [-0.1, -0.05) is 11.6 Å². The number of hydrogen-bond donors (Lipinski definition) is 2. The molecular formula is C19H24ClN3O6S. The Kier molecular flexibility index (Phi) is 7.51. The number of ether oxygens (including phenoxy) is 2. The fraction of sp³-hybridized carbons (Fsp3) is 0.368. The van der Waals surface area contributed by atoms with Crippen molar-refractivity contribution >= 4 is 39.2 Å². The van der Waals surface area contributed by atoms with Crippen molar-refractivity contribution in [2.45, 2.75) is 25.7 Å². The van der Waals surface area contributed by atoms with E-state index in [1.165, 1.54) is 27.1 Å². The first-order chi connectivity index (χ1) is 14.0. The number of carbonyl (C=O) groups excluding carboxylic acids is 2. The van der Waals surface area contributed by atoms with Crippen LogP contribution in [-0.4, -0.2) is 56.9 Å². The highest BCUT2D eigenvalue weighted by molar-refractivity contribution is 7.89. The lowest BCUT2D eigenvalue weighted by atomic mass is 10.2. The zero-order chi connectivity index (χ0) is 22.6. The van der Waals surface area contributed by atoms with Crippen LogP contribution in [0.15, 0.2) is 23.1 Å². The predicted octanol–water partition coefficient (Wildman–Crippen LogP) is 2.73. The van der Waals surface area contributed by atoms with Crippen LogP contribution in [0.25, 0.3) is 0 Å². The molecule has 0 atom stereocenters. The molecule has 0 radical (unpaired) electrons. The molecule has 164 valence electrons. The number of H-pyrrole nitrogens is 1. The number of likely N-dealkylation sites (N-methyl/N-ethyl adjacent to an activating group) is 1. The Morgan fingerprint density at radius 1 is 1.23 bits per heavy atom. The summed E-state index contributed by atoms with van der Waals surface area (Å²) in [6.07, 6.45) is 0. The lowest BCUT2D eigenvalue weighted by molar-refractivity contribution is -0.116. The maximum Gasteiger partial charge on any atom is 0.341 e. The van der Waals surface area contributed by atoms with Gasteiger partial charge >= 0.3 is 5.97 Å². The first-order valence-electron chi connectivity index (χ1n) is 8.98. The Morgan fingerprint density at radius 2 is 1.90 bits per heavy atom. The van der Waals surface area contributed by atoms with Gasteiger partial charge in [-0.25, -0.2) is 13.2 Å². The van der Waals surface area contributed by atoms with Crippen molar-refractivity contribution < 1.29 is 27.5 Å². The SMILES string of the molecule is CCOC(=O)c1c(C)[nH]c(C)c1S(=O)(=O)N(C)CC(=O)Nc1ccc(OC)c(Cl)c1. The molecule has 0 aliphatic rings. The molecule has 1 amide bonds. The minimum absolute atomic E-state index is 0.0662. The van der Waals surface area contributed by atoms with Gasteiger partial charge in [0.05, 0.1) is 25.3 Å². The number of hydrogen-bond acceptors (Lipinski definition) is 6. The molecule has 0 bridgehead atoms. The van der Waals surface area contributed by atoms with Crippen LogP contribution in [0.4, 0.5) is 5.69 Å². The van der Waals surface area contributed by atoms with Crippen LogP contribution in [0.5, 0.6) is 5.75 Å². The van der Waals surface area contributed by atoms with E-state index in [1.807, 2.05) is 0 Å². The van der Waals surface area contributed by atoms with E-state index in [4.69, 9.17) is 21.1 Å². The highest BCUT2D eigenvalue weighted by Gasteiger charge is 2.33. The summed E-state index contributed by atoms with van der Waals surface area (Å²) in [5.41, 5.74) is 0.973. The largest absolute Gasteiger partial charge is 0.495 e. The third-order valence-corrected chi connectivity index (χ3v) is 6.54. The van der Waals surface area contributed by atoms with E-state index >= 15 is 0 Å². The number of carbonyl (C=O) groups is 2. The summed E-state index contributed by atoms with van der Waals surface area (Å²) in [4.78, 5) is 27.3. The van der Waals surface area contributed by atoms with Crippen LogP contribution in [0, 0.1) is 13.8 Å². The van der Waals surface area contributed by atoms with E-state index in [1.54, 1.807) is 26.0 Å². The monoisotopic (exact) mass is 457 g/mol. The zero-order valence-electron chi connectivity index (χ0n) is 17.3. The van der Waals surface area contributed by atoms with Gasteiger partial charge in [0.15, 0.2) is 0 Å². The number of halogens is 1. The first kappa shape index (κ1) is 23.7. The zero-order valence-corrected chi connectivity index (χ0v) is 18.9. The predicted molar refractivity (Wildman–Crippen MR) is 113 cm³/mol. The molecule has 0 spiro atoms. The Hall–Kier alpha value is -2.56. The molecule has 2 aromatic rings. The molecule has 2 rings (SSSR count). The van der Waals surface area contributed by atoms with Gasteiger partial charge in [-0.3, -0.25) is 4.79 Å². The fourth-order valence-electron chi connectivity index (χ4n) is 2.92. The van der Waals surface area contributed by atoms with Crippen LogP contribution in [0.1, 0.15) is 28.7 Å². The van der Waals surface area contributed by atoms with Crippen LogP contribution in [0.2, 0.25) is 5.02 Å². The number of rotatable bonds is 8. The number of aromatic nitrogens is 1. The van der Waals surface area contributed by atoms with Crippen LogP contribution < -0.4 is 10.1 Å². The minimum Gasteiger partial charge on any atom is -0.495 e. The van der Waals surface area contributed by atoms with Crippen molar-refractivity contribution in [3.8, 4) is 5.75 Å². The number of anilines is 1. The van der Waals surface area contributed by atoms with Gasteiger partial charge in [-0.2, -0.15) is 4.31 Å². The van der Waals surface area contributed by atoms with Crippen molar-refractivity contribution in [2.24, 2.45) is 0 Å². The van der Waals surface area contributed by atoms with Gasteiger partial charge in [0.25, 0.3) is 0 Å². The van der Waals surface area contributed by atoms with Crippen molar-refractivity contribution in [3.63, 3.8) is 0 Å². The third kappa shape index (κ3) is 4.94. The third-order valence-electron chi connectivity index (χ3n) is 4.27. The maximum atomic E-state index is 13.1. The summed E-state index contributed by atoms with van der Waals surface area (Å²) >= 11 is 6.03. The highest BCUT2D eigenvalue weighted by Crippen LogP contribution is 2.28. The summed E-state index contributed by atoms with van der Waals surface area (Å²) in [5.74, 6) is -0.882. The summed E-state index contributed by atoms with van der Waals surface area (Å²) in [5, 5.41) is 2.88. The number of aromatic amines is 1. The molecule has 0 saturated carbocycles. The summed E-state index contributed by atoms with van der Waals surface area (Å²) in [7, 11) is -1.43. The number of nitrogens with one attached hydrogen (secondary N) is 2. The average Bonchev–Trinajstić information content (AvgIpc) is 2.96. The standard InChI is InChI=1S/C19H24ClN3O6S/c1-6-29-19(25)17-11(2)21-12(3)18(17)30(26,27)23(4)10-16(24)22-13-7-8-15(28-5)14(20)9-13/h7-9,21H,6,10H2,1-5H3,(H,22,24). The average molecular weight is 458 g/mol. The Bertz CT molecular complexity index is 1060. The second-order valence-electron chi connectivity index (χ2n) is 6.46. The van der Waals surface area contributed by atoms with Crippen molar-refractivity contribution in [1.29, 1.82) is 0 Å². The number of sulfonamides is 1. The first-order valence-corrected chi connectivity index (χ1v) is 10.8. The van der Waals surface area contributed by atoms with E-state index < -0.39 is 28.4 Å². The van der Waals surface area contributed by atoms with E-state index in [0.717, 1.165) is 4.31 Å². The van der Waals surface area contributed by atoms with Gasteiger partial charge in [0, 0.05) is 24.1 Å². The van der Waals surface area contributed by atoms with Gasteiger partial charge in [-0.15, -0.1) is 0 Å². The summed E-state index contributed by atoms with van der Waals surface area (Å²) < 4.78 is 37.1. The normalized spacial score (nSPS) is 11.4. The molecule has 1 heterocycles. The lowest BCUT2D eigenvalue weighted by Gasteiger charge is -2.18. The molecule has 0 fully saturated rings. The molecule has 0 saturated heterocycles. The smallest absolute Gasteiger partial charge is 0.341 e. The summed E-state index contributed by atoms with van der Waals surface area (Å²) in [6, 6.07) is 4.65. The quantitative estimate of drug-likeness (QED) is 0.588. The molecule has 0 unspecified atom stereocenters. The topological polar surface area (TPSA) is 118 Å². The second kappa shape index (κ2) is 9.50. The molecule has 2 N–H and O–H groups in total. The number of benzene rings is 1. The van der Waals surface area contributed by atoms with E-state index in [2.05, 4.69) is 10.3 Å². The van der Waals surface area contributed by atoms with Gasteiger partial charge in [0.1, 0.15) is 16.2 Å². The molecule has 11 heteroatoms. The Morgan fingerprint density at radius 3 is 2.47 bits per heavy atom. The van der Waals surface area contributed by atoms with Crippen LogP contribution in [0.3, 0.4) is 0 Å². The Labute approximate surface area is 180 Å². The number of esters is 1.